The van der Waals surface area contributed by atoms with Crippen molar-refractivity contribution in [2.75, 3.05) is 4.72 Å². The van der Waals surface area contributed by atoms with E-state index in [1.807, 2.05) is 12.1 Å². The maximum Gasteiger partial charge on any atom is 0.261 e. The van der Waals surface area contributed by atoms with E-state index < -0.39 is 21.7 Å². The third kappa shape index (κ3) is 4.59. The lowest BCUT2D eigenvalue weighted by Crippen LogP contribution is -2.13. The van der Waals surface area contributed by atoms with E-state index in [0.29, 0.717) is 11.8 Å². The van der Waals surface area contributed by atoms with Gasteiger partial charge in [0.1, 0.15) is 0 Å². The Hall–Kier alpha value is -2.45. The lowest BCUT2D eigenvalue weighted by Gasteiger charge is -2.09. The van der Waals surface area contributed by atoms with Crippen LogP contribution in [0.3, 0.4) is 0 Å². The molecular weight excluding hydrogens is 378 g/mol. The second-order valence-corrected chi connectivity index (χ2v) is 8.09. The molecule has 0 aliphatic rings. The molecule has 0 fully saturated rings. The standard InChI is InChI=1S/C18H14F2N2O2S2/c19-17-8-7-16(10-18(17)20)26(23,24)22-14-3-5-15(6-4-14)25-12-13-2-1-9-21-11-13/h1-11,22H,12H2. The van der Waals surface area contributed by atoms with Crippen molar-refractivity contribution >= 4 is 27.5 Å². The van der Waals surface area contributed by atoms with Gasteiger partial charge >= 0.3 is 0 Å². The van der Waals surface area contributed by atoms with Crippen molar-refractivity contribution in [3.8, 4) is 0 Å². The molecule has 0 saturated carbocycles. The highest BCUT2D eigenvalue weighted by molar-refractivity contribution is 7.98. The zero-order valence-corrected chi connectivity index (χ0v) is 15.0. The highest BCUT2D eigenvalue weighted by atomic mass is 32.2. The summed E-state index contributed by atoms with van der Waals surface area (Å²) in [5.74, 6) is -1.57. The Kier molecular flexibility index (Phi) is 5.53. The van der Waals surface area contributed by atoms with E-state index in [9.17, 15) is 17.2 Å². The van der Waals surface area contributed by atoms with E-state index in [0.717, 1.165) is 28.3 Å². The van der Waals surface area contributed by atoms with E-state index >= 15 is 0 Å². The summed E-state index contributed by atoms with van der Waals surface area (Å²) in [6, 6.07) is 13.1. The molecule has 3 rings (SSSR count). The van der Waals surface area contributed by atoms with Gasteiger partial charge in [-0.25, -0.2) is 17.2 Å². The van der Waals surface area contributed by atoms with E-state index in [1.165, 1.54) is 0 Å². The predicted octanol–water partition coefficient (Wildman–Crippen LogP) is 4.45. The lowest BCUT2D eigenvalue weighted by atomic mass is 10.3. The number of sulfonamides is 1. The number of rotatable bonds is 6. The lowest BCUT2D eigenvalue weighted by molar-refractivity contribution is 0.504. The fourth-order valence-electron chi connectivity index (χ4n) is 2.13. The smallest absolute Gasteiger partial charge is 0.261 e. The molecule has 0 atom stereocenters. The summed E-state index contributed by atoms with van der Waals surface area (Å²) in [7, 11) is -3.99. The van der Waals surface area contributed by atoms with Crippen molar-refractivity contribution in [1.29, 1.82) is 0 Å². The van der Waals surface area contributed by atoms with Crippen LogP contribution in [-0.4, -0.2) is 13.4 Å². The maximum absolute atomic E-state index is 13.3. The zero-order chi connectivity index (χ0) is 18.6. The Morgan fingerprint density at radius 2 is 1.77 bits per heavy atom. The van der Waals surface area contributed by atoms with Crippen molar-refractivity contribution in [2.45, 2.75) is 15.5 Å². The molecule has 0 aliphatic carbocycles. The van der Waals surface area contributed by atoms with Crippen molar-refractivity contribution in [3.63, 3.8) is 0 Å². The molecule has 0 spiro atoms. The number of pyridine rings is 1. The van der Waals surface area contributed by atoms with Gasteiger partial charge in [-0.15, -0.1) is 11.8 Å². The number of hydrogen-bond acceptors (Lipinski definition) is 4. The molecule has 0 aliphatic heterocycles. The predicted molar refractivity (Wildman–Crippen MR) is 97.4 cm³/mol. The Morgan fingerprint density at radius 1 is 1.00 bits per heavy atom. The summed E-state index contributed by atoms with van der Waals surface area (Å²) in [5, 5.41) is 0. The molecule has 1 heterocycles. The molecule has 0 amide bonds. The molecule has 3 aromatic rings. The van der Waals surface area contributed by atoms with Crippen LogP contribution >= 0.6 is 11.8 Å². The van der Waals surface area contributed by atoms with Crippen molar-refractivity contribution in [1.82, 2.24) is 4.98 Å². The largest absolute Gasteiger partial charge is 0.280 e. The molecule has 0 unspecified atom stereocenters. The maximum atomic E-state index is 13.3. The van der Waals surface area contributed by atoms with Crippen LogP contribution < -0.4 is 4.72 Å². The normalized spacial score (nSPS) is 11.3. The van der Waals surface area contributed by atoms with Gasteiger partial charge in [-0.05, 0) is 54.1 Å². The van der Waals surface area contributed by atoms with Gasteiger partial charge in [0.25, 0.3) is 10.0 Å². The van der Waals surface area contributed by atoms with Gasteiger partial charge in [-0.3, -0.25) is 9.71 Å². The Balaban J connectivity index is 1.67. The SMILES string of the molecule is O=S(=O)(Nc1ccc(SCc2cccnc2)cc1)c1ccc(F)c(F)c1. The minimum Gasteiger partial charge on any atom is -0.280 e. The van der Waals surface area contributed by atoms with Crippen LogP contribution in [0.5, 0.6) is 0 Å². The minimum absolute atomic E-state index is 0.334. The zero-order valence-electron chi connectivity index (χ0n) is 13.4. The van der Waals surface area contributed by atoms with Gasteiger partial charge in [0.2, 0.25) is 0 Å². The van der Waals surface area contributed by atoms with Crippen molar-refractivity contribution in [2.24, 2.45) is 0 Å². The summed E-state index contributed by atoms with van der Waals surface area (Å²) in [6.07, 6.45) is 3.50. The summed E-state index contributed by atoms with van der Waals surface area (Å²) in [5.41, 5.74) is 1.42. The third-order valence-corrected chi connectivity index (χ3v) is 5.90. The van der Waals surface area contributed by atoms with Crippen LogP contribution in [0.25, 0.3) is 0 Å². The number of benzene rings is 2. The fourth-order valence-corrected chi connectivity index (χ4v) is 4.03. The quantitative estimate of drug-likeness (QED) is 0.630. The molecule has 1 aromatic heterocycles. The number of nitrogens with one attached hydrogen (secondary N) is 1. The van der Waals surface area contributed by atoms with Crippen LogP contribution in [0.2, 0.25) is 0 Å². The number of nitrogens with zero attached hydrogens (tertiary/aromatic N) is 1. The number of hydrogen-bond donors (Lipinski definition) is 1. The fraction of sp³-hybridized carbons (Fsp3) is 0.0556. The number of aromatic nitrogens is 1. The van der Waals surface area contributed by atoms with E-state index in [-0.39, 0.29) is 4.90 Å². The average molecular weight is 392 g/mol. The first-order valence-electron chi connectivity index (χ1n) is 7.54. The molecule has 2 aromatic carbocycles. The molecule has 8 heteroatoms. The topological polar surface area (TPSA) is 59.1 Å². The first-order chi connectivity index (χ1) is 12.4. The van der Waals surface area contributed by atoms with Gasteiger partial charge in [0.05, 0.1) is 4.90 Å². The van der Waals surface area contributed by atoms with E-state index in [1.54, 1.807) is 48.4 Å². The van der Waals surface area contributed by atoms with Gasteiger partial charge in [0, 0.05) is 28.7 Å². The molecule has 1 N–H and O–H groups in total. The van der Waals surface area contributed by atoms with Gasteiger partial charge in [0.15, 0.2) is 11.6 Å². The Labute approximate surface area is 154 Å². The second-order valence-electron chi connectivity index (χ2n) is 5.36. The average Bonchev–Trinajstić information content (AvgIpc) is 2.64. The molecule has 0 saturated heterocycles. The summed E-state index contributed by atoms with van der Waals surface area (Å²) < 4.78 is 53.1. The summed E-state index contributed by atoms with van der Waals surface area (Å²) in [4.78, 5) is 4.67. The highest BCUT2D eigenvalue weighted by Gasteiger charge is 2.16. The molecule has 134 valence electrons. The first kappa shape index (κ1) is 18.3. The Bertz CT molecular complexity index is 995. The van der Waals surface area contributed by atoms with Gasteiger partial charge in [-0.1, -0.05) is 6.07 Å². The monoisotopic (exact) mass is 392 g/mol. The molecule has 0 radical (unpaired) electrons. The van der Waals surface area contributed by atoms with Gasteiger partial charge in [-0.2, -0.15) is 0 Å². The molecule has 0 bridgehead atoms. The van der Waals surface area contributed by atoms with E-state index in [2.05, 4.69) is 9.71 Å². The number of anilines is 1. The number of halogens is 2. The minimum atomic E-state index is -3.99. The molecule has 26 heavy (non-hydrogen) atoms. The number of thioether (sulfide) groups is 1. The Morgan fingerprint density at radius 3 is 2.42 bits per heavy atom. The first-order valence-corrected chi connectivity index (χ1v) is 10.0. The molecular formula is C18H14F2N2O2S2. The second kappa shape index (κ2) is 7.84. The van der Waals surface area contributed by atoms with Gasteiger partial charge < -0.3 is 0 Å². The third-order valence-electron chi connectivity index (χ3n) is 3.44. The van der Waals surface area contributed by atoms with Crippen molar-refractivity contribution < 1.29 is 17.2 Å². The van der Waals surface area contributed by atoms with Crippen LogP contribution in [0, 0.1) is 11.6 Å². The van der Waals surface area contributed by atoms with Crippen LogP contribution in [0.1, 0.15) is 5.56 Å². The molecule has 4 nitrogen and oxygen atoms in total. The van der Waals surface area contributed by atoms with Crippen LogP contribution in [0.4, 0.5) is 14.5 Å². The van der Waals surface area contributed by atoms with Crippen molar-refractivity contribution in [3.05, 3.63) is 84.2 Å². The summed E-state index contributed by atoms with van der Waals surface area (Å²) in [6.45, 7) is 0. The van der Waals surface area contributed by atoms with Crippen LogP contribution in [0.15, 0.2) is 76.8 Å². The highest BCUT2D eigenvalue weighted by Crippen LogP contribution is 2.25. The van der Waals surface area contributed by atoms with E-state index in [4.69, 9.17) is 0 Å². The van der Waals surface area contributed by atoms with Crippen LogP contribution in [-0.2, 0) is 15.8 Å². The summed E-state index contributed by atoms with van der Waals surface area (Å²) >= 11 is 1.59.